The Balaban J connectivity index is 1.51. The predicted molar refractivity (Wildman–Crippen MR) is 84.5 cm³/mol. The maximum Gasteiger partial charge on any atom is 0.129 e. The average molecular weight is 291 g/mol. The Bertz CT molecular complexity index is 463. The van der Waals surface area contributed by atoms with Gasteiger partial charge in [-0.1, -0.05) is 12.5 Å². The largest absolute Gasteiger partial charge is 0.399 e. The van der Waals surface area contributed by atoms with Crippen LogP contribution in [0.5, 0.6) is 0 Å². The molecular formula is C17H26FN3. The molecule has 2 aliphatic heterocycles. The van der Waals surface area contributed by atoms with Gasteiger partial charge in [-0.15, -0.1) is 0 Å². The highest BCUT2D eigenvalue weighted by Crippen LogP contribution is 2.22. The first-order chi connectivity index (χ1) is 10.2. The Morgan fingerprint density at radius 1 is 1.05 bits per heavy atom. The van der Waals surface area contributed by atoms with E-state index in [1.807, 2.05) is 6.07 Å². The topological polar surface area (TPSA) is 32.5 Å². The van der Waals surface area contributed by atoms with Crippen molar-refractivity contribution in [2.75, 3.05) is 31.9 Å². The summed E-state index contributed by atoms with van der Waals surface area (Å²) >= 11 is 0. The molecule has 0 aliphatic carbocycles. The van der Waals surface area contributed by atoms with Gasteiger partial charge in [0.1, 0.15) is 5.82 Å². The van der Waals surface area contributed by atoms with Gasteiger partial charge >= 0.3 is 0 Å². The molecule has 116 valence electrons. The van der Waals surface area contributed by atoms with Crippen molar-refractivity contribution in [3.8, 4) is 0 Å². The number of halogens is 1. The van der Waals surface area contributed by atoms with E-state index in [0.717, 1.165) is 24.7 Å². The fourth-order valence-electron chi connectivity index (χ4n) is 3.66. The van der Waals surface area contributed by atoms with Gasteiger partial charge in [0.15, 0.2) is 0 Å². The summed E-state index contributed by atoms with van der Waals surface area (Å²) < 4.78 is 13.9. The van der Waals surface area contributed by atoms with Crippen LogP contribution in [0.2, 0.25) is 0 Å². The number of benzene rings is 1. The van der Waals surface area contributed by atoms with Crippen LogP contribution < -0.4 is 5.73 Å². The van der Waals surface area contributed by atoms with E-state index in [0.29, 0.717) is 12.2 Å². The minimum absolute atomic E-state index is 0.173. The molecule has 2 heterocycles. The van der Waals surface area contributed by atoms with Crippen LogP contribution >= 0.6 is 0 Å². The summed E-state index contributed by atoms with van der Waals surface area (Å²) in [7, 11) is 0. The van der Waals surface area contributed by atoms with Crippen LogP contribution in [0.4, 0.5) is 10.1 Å². The molecule has 4 heteroatoms. The highest BCUT2D eigenvalue weighted by Gasteiger charge is 2.25. The van der Waals surface area contributed by atoms with E-state index in [9.17, 15) is 4.39 Å². The minimum atomic E-state index is -0.173. The SMILES string of the molecule is Nc1ccc(CN2CCC(N3CCCCC3)CC2)c(F)c1. The Labute approximate surface area is 126 Å². The van der Waals surface area contributed by atoms with E-state index in [-0.39, 0.29) is 5.82 Å². The number of hydrogen-bond donors (Lipinski definition) is 1. The number of hydrogen-bond acceptors (Lipinski definition) is 3. The third kappa shape index (κ3) is 3.74. The lowest BCUT2D eigenvalue weighted by Gasteiger charge is -2.40. The minimum Gasteiger partial charge on any atom is -0.399 e. The molecule has 3 nitrogen and oxygen atoms in total. The van der Waals surface area contributed by atoms with E-state index in [2.05, 4.69) is 9.80 Å². The van der Waals surface area contributed by atoms with Crippen LogP contribution in [0.15, 0.2) is 18.2 Å². The highest BCUT2D eigenvalue weighted by atomic mass is 19.1. The Hall–Kier alpha value is -1.13. The van der Waals surface area contributed by atoms with Crippen molar-refractivity contribution >= 4 is 5.69 Å². The van der Waals surface area contributed by atoms with Crippen molar-refractivity contribution in [2.24, 2.45) is 0 Å². The van der Waals surface area contributed by atoms with Crippen LogP contribution in [0, 0.1) is 5.82 Å². The van der Waals surface area contributed by atoms with Gasteiger partial charge in [-0.3, -0.25) is 4.90 Å². The van der Waals surface area contributed by atoms with Crippen molar-refractivity contribution in [1.82, 2.24) is 9.80 Å². The summed E-state index contributed by atoms with van der Waals surface area (Å²) in [6.45, 7) is 5.41. The quantitative estimate of drug-likeness (QED) is 0.869. The molecule has 2 saturated heterocycles. The third-order valence-corrected chi connectivity index (χ3v) is 4.94. The summed E-state index contributed by atoms with van der Waals surface area (Å²) in [6, 6.07) is 5.79. The molecule has 2 fully saturated rings. The number of nitrogens with zero attached hydrogens (tertiary/aromatic N) is 2. The fraction of sp³-hybridized carbons (Fsp3) is 0.647. The molecule has 2 N–H and O–H groups in total. The maximum absolute atomic E-state index is 13.9. The van der Waals surface area contributed by atoms with E-state index >= 15 is 0 Å². The molecule has 1 aromatic carbocycles. The molecule has 0 amide bonds. The Morgan fingerprint density at radius 3 is 2.43 bits per heavy atom. The number of likely N-dealkylation sites (tertiary alicyclic amines) is 2. The first-order valence-electron chi connectivity index (χ1n) is 8.23. The second-order valence-electron chi connectivity index (χ2n) is 6.45. The summed E-state index contributed by atoms with van der Waals surface area (Å²) in [5.74, 6) is -0.173. The van der Waals surface area contributed by atoms with Crippen LogP contribution in [0.3, 0.4) is 0 Å². The predicted octanol–water partition coefficient (Wildman–Crippen LogP) is 2.86. The van der Waals surface area contributed by atoms with Gasteiger partial charge < -0.3 is 10.6 Å². The smallest absolute Gasteiger partial charge is 0.129 e. The van der Waals surface area contributed by atoms with Crippen molar-refractivity contribution in [3.05, 3.63) is 29.6 Å². The van der Waals surface area contributed by atoms with Crippen LogP contribution in [0.1, 0.15) is 37.7 Å². The average Bonchev–Trinajstić information content (AvgIpc) is 2.52. The molecule has 0 unspecified atom stereocenters. The molecule has 0 saturated carbocycles. The zero-order valence-corrected chi connectivity index (χ0v) is 12.7. The summed E-state index contributed by atoms with van der Waals surface area (Å²) in [5, 5.41) is 0. The van der Waals surface area contributed by atoms with Crippen molar-refractivity contribution in [2.45, 2.75) is 44.7 Å². The Morgan fingerprint density at radius 2 is 1.76 bits per heavy atom. The van der Waals surface area contributed by atoms with Gasteiger partial charge in [0.05, 0.1) is 0 Å². The van der Waals surface area contributed by atoms with E-state index in [1.165, 1.54) is 51.3 Å². The van der Waals surface area contributed by atoms with Gasteiger partial charge in [-0.2, -0.15) is 0 Å². The van der Waals surface area contributed by atoms with E-state index < -0.39 is 0 Å². The molecule has 3 rings (SSSR count). The summed E-state index contributed by atoms with van der Waals surface area (Å²) in [6.07, 6.45) is 6.55. The number of nitrogen functional groups attached to an aromatic ring is 1. The third-order valence-electron chi connectivity index (χ3n) is 4.94. The first kappa shape index (κ1) is 14.8. The molecule has 0 atom stereocenters. The summed E-state index contributed by atoms with van der Waals surface area (Å²) in [4.78, 5) is 5.04. The lowest BCUT2D eigenvalue weighted by atomic mass is 9.99. The molecule has 21 heavy (non-hydrogen) atoms. The lowest BCUT2D eigenvalue weighted by Crippen LogP contribution is -2.46. The van der Waals surface area contributed by atoms with Gasteiger partial charge in [0.25, 0.3) is 0 Å². The standard InChI is InChI=1S/C17H26FN3/c18-17-12-15(19)5-4-14(17)13-20-10-6-16(7-11-20)21-8-2-1-3-9-21/h4-5,12,16H,1-3,6-11,13,19H2. The normalized spacial score (nSPS) is 22.5. The highest BCUT2D eigenvalue weighted by molar-refractivity contribution is 5.40. The van der Waals surface area contributed by atoms with Gasteiger partial charge in [0, 0.05) is 23.8 Å². The number of piperidine rings is 2. The van der Waals surface area contributed by atoms with E-state index in [1.54, 1.807) is 6.07 Å². The monoisotopic (exact) mass is 291 g/mol. The summed E-state index contributed by atoms with van der Waals surface area (Å²) in [5.41, 5.74) is 6.87. The van der Waals surface area contributed by atoms with Gasteiger partial charge in [-0.25, -0.2) is 4.39 Å². The first-order valence-corrected chi connectivity index (χ1v) is 8.23. The zero-order chi connectivity index (χ0) is 14.7. The molecular weight excluding hydrogens is 265 g/mol. The molecule has 0 aromatic heterocycles. The van der Waals surface area contributed by atoms with Crippen molar-refractivity contribution < 1.29 is 4.39 Å². The van der Waals surface area contributed by atoms with Crippen molar-refractivity contribution in [1.29, 1.82) is 0 Å². The number of rotatable bonds is 3. The van der Waals surface area contributed by atoms with Crippen LogP contribution in [-0.4, -0.2) is 42.0 Å². The maximum atomic E-state index is 13.9. The van der Waals surface area contributed by atoms with Gasteiger partial charge in [-0.05, 0) is 64.0 Å². The van der Waals surface area contributed by atoms with Crippen LogP contribution in [-0.2, 0) is 6.54 Å². The van der Waals surface area contributed by atoms with Gasteiger partial charge in [0.2, 0.25) is 0 Å². The zero-order valence-electron chi connectivity index (χ0n) is 12.7. The molecule has 1 aromatic rings. The van der Waals surface area contributed by atoms with E-state index in [4.69, 9.17) is 5.73 Å². The Kier molecular flexibility index (Phi) is 4.76. The number of anilines is 1. The second-order valence-corrected chi connectivity index (χ2v) is 6.45. The molecule has 2 aliphatic rings. The van der Waals surface area contributed by atoms with Crippen molar-refractivity contribution in [3.63, 3.8) is 0 Å². The molecule has 0 spiro atoms. The molecule has 0 radical (unpaired) electrons. The second kappa shape index (κ2) is 6.75. The fourth-order valence-corrected chi connectivity index (χ4v) is 3.66. The number of nitrogens with two attached hydrogens (primary N) is 1. The van der Waals surface area contributed by atoms with Crippen LogP contribution in [0.25, 0.3) is 0 Å². The lowest BCUT2D eigenvalue weighted by molar-refractivity contribution is 0.0892. The molecule has 0 bridgehead atoms.